The van der Waals surface area contributed by atoms with Crippen molar-refractivity contribution in [3.63, 3.8) is 0 Å². The molecule has 0 saturated carbocycles. The van der Waals surface area contributed by atoms with Crippen LogP contribution in [0.4, 0.5) is 10.1 Å². The largest absolute Gasteiger partial charge is 0.368 e. The number of nitrogens with zero attached hydrogens (tertiary/aromatic N) is 2. The topological polar surface area (TPSA) is 32.5 Å². The van der Waals surface area contributed by atoms with E-state index in [0.29, 0.717) is 12.1 Å². The molecule has 0 aliphatic carbocycles. The fraction of sp³-hybridized carbons (Fsp3) is 0.600. The van der Waals surface area contributed by atoms with Crippen molar-refractivity contribution in [2.24, 2.45) is 5.73 Å². The van der Waals surface area contributed by atoms with E-state index in [1.165, 1.54) is 6.07 Å². The summed E-state index contributed by atoms with van der Waals surface area (Å²) in [5.41, 5.74) is 7.95. The van der Waals surface area contributed by atoms with E-state index in [1.54, 1.807) is 6.07 Å². The molecule has 0 radical (unpaired) electrons. The lowest BCUT2D eigenvalue weighted by Gasteiger charge is -2.44. The Hall–Kier alpha value is -1.13. The molecule has 1 aliphatic heterocycles. The fourth-order valence-electron chi connectivity index (χ4n) is 2.78. The highest BCUT2D eigenvalue weighted by Gasteiger charge is 2.28. The molecule has 1 saturated heterocycles. The van der Waals surface area contributed by atoms with Crippen LogP contribution >= 0.6 is 0 Å². The zero-order chi connectivity index (χ0) is 14.2. The van der Waals surface area contributed by atoms with Gasteiger partial charge in [0.15, 0.2) is 0 Å². The molecule has 1 aromatic carbocycles. The minimum absolute atomic E-state index is 0.157. The van der Waals surface area contributed by atoms with Gasteiger partial charge in [0.1, 0.15) is 5.82 Å². The molecule has 3 atom stereocenters. The summed E-state index contributed by atoms with van der Waals surface area (Å²) in [6, 6.07) is 5.75. The summed E-state index contributed by atoms with van der Waals surface area (Å²) in [7, 11) is 2.16. The molecule has 1 aliphatic rings. The number of hydrogen-bond acceptors (Lipinski definition) is 3. The second kappa shape index (κ2) is 5.47. The molecular weight excluding hydrogens is 241 g/mol. The van der Waals surface area contributed by atoms with Crippen molar-refractivity contribution in [2.75, 3.05) is 25.0 Å². The minimum Gasteiger partial charge on any atom is -0.368 e. The predicted molar refractivity (Wildman–Crippen MR) is 77.9 cm³/mol. The Morgan fingerprint density at radius 2 is 1.84 bits per heavy atom. The second-order valence-electron chi connectivity index (χ2n) is 5.76. The van der Waals surface area contributed by atoms with Gasteiger partial charge in [-0.05, 0) is 51.6 Å². The lowest BCUT2D eigenvalue weighted by Crippen LogP contribution is -2.55. The number of piperazine rings is 1. The molecule has 1 heterocycles. The highest BCUT2D eigenvalue weighted by atomic mass is 19.1. The number of hydrogen-bond donors (Lipinski definition) is 1. The molecule has 106 valence electrons. The van der Waals surface area contributed by atoms with Gasteiger partial charge >= 0.3 is 0 Å². The first kappa shape index (κ1) is 14.3. The van der Waals surface area contributed by atoms with Crippen molar-refractivity contribution >= 4 is 5.69 Å². The van der Waals surface area contributed by atoms with Gasteiger partial charge in [0.05, 0.1) is 0 Å². The summed E-state index contributed by atoms with van der Waals surface area (Å²) in [5.74, 6) is -0.216. The van der Waals surface area contributed by atoms with Crippen LogP contribution in [0.3, 0.4) is 0 Å². The minimum atomic E-state index is -0.216. The first-order chi connectivity index (χ1) is 8.90. The van der Waals surface area contributed by atoms with Crippen molar-refractivity contribution in [1.82, 2.24) is 4.90 Å². The molecule has 4 heteroatoms. The van der Waals surface area contributed by atoms with Crippen LogP contribution in [-0.4, -0.2) is 37.1 Å². The Labute approximate surface area is 115 Å². The molecule has 0 spiro atoms. The van der Waals surface area contributed by atoms with Gasteiger partial charge in [0, 0.05) is 36.9 Å². The molecule has 0 bridgehead atoms. The third kappa shape index (κ3) is 2.90. The summed E-state index contributed by atoms with van der Waals surface area (Å²) in [5, 5.41) is 0. The molecule has 2 N–H and O–H groups in total. The van der Waals surface area contributed by atoms with Gasteiger partial charge in [0.25, 0.3) is 0 Å². The average Bonchev–Trinajstić information content (AvgIpc) is 2.35. The second-order valence-corrected chi connectivity index (χ2v) is 5.76. The van der Waals surface area contributed by atoms with Crippen LogP contribution < -0.4 is 10.6 Å². The maximum atomic E-state index is 13.4. The Kier molecular flexibility index (Phi) is 4.11. The van der Waals surface area contributed by atoms with E-state index in [9.17, 15) is 4.39 Å². The molecule has 19 heavy (non-hydrogen) atoms. The Morgan fingerprint density at radius 1 is 1.26 bits per heavy atom. The third-order valence-electron chi connectivity index (χ3n) is 4.18. The quantitative estimate of drug-likeness (QED) is 0.891. The van der Waals surface area contributed by atoms with Crippen LogP contribution in [0.5, 0.6) is 0 Å². The van der Waals surface area contributed by atoms with E-state index in [0.717, 1.165) is 24.3 Å². The highest BCUT2D eigenvalue weighted by Crippen LogP contribution is 2.29. The summed E-state index contributed by atoms with van der Waals surface area (Å²) in [6.07, 6.45) is 0. The van der Waals surface area contributed by atoms with Gasteiger partial charge in [0.2, 0.25) is 0 Å². The highest BCUT2D eigenvalue weighted by molar-refractivity contribution is 5.55. The first-order valence-electron chi connectivity index (χ1n) is 6.92. The van der Waals surface area contributed by atoms with Gasteiger partial charge in [-0.25, -0.2) is 4.39 Å². The van der Waals surface area contributed by atoms with E-state index in [4.69, 9.17) is 5.73 Å². The fourth-order valence-corrected chi connectivity index (χ4v) is 2.78. The molecule has 2 rings (SSSR count). The summed E-state index contributed by atoms with van der Waals surface area (Å²) < 4.78 is 13.4. The van der Waals surface area contributed by atoms with Crippen LogP contribution in [0, 0.1) is 5.82 Å². The number of rotatable bonds is 2. The van der Waals surface area contributed by atoms with Crippen molar-refractivity contribution in [3.8, 4) is 0 Å². The zero-order valence-corrected chi connectivity index (χ0v) is 12.2. The maximum Gasteiger partial charge on any atom is 0.123 e. The standard InChI is InChI=1S/C15H24FN3/c1-10-8-19(9-11(2)18(10)4)15-6-5-13(16)7-14(15)12(3)17/h5-7,10-12H,8-9,17H2,1-4H3/t10?,11?,12-/m0/s1. The van der Waals surface area contributed by atoms with E-state index in [2.05, 4.69) is 30.7 Å². The molecule has 0 aromatic heterocycles. The SMILES string of the molecule is CC1CN(c2ccc(F)cc2[C@H](C)N)CC(C)N1C. The number of anilines is 1. The molecule has 1 aromatic rings. The van der Waals surface area contributed by atoms with E-state index < -0.39 is 0 Å². The van der Waals surface area contributed by atoms with Crippen LogP contribution in [0.15, 0.2) is 18.2 Å². The number of nitrogens with two attached hydrogens (primary N) is 1. The van der Waals surface area contributed by atoms with Gasteiger partial charge in [-0.1, -0.05) is 0 Å². The number of benzene rings is 1. The lowest BCUT2D eigenvalue weighted by atomic mass is 10.0. The van der Waals surface area contributed by atoms with Gasteiger partial charge in [-0.2, -0.15) is 0 Å². The Bertz CT molecular complexity index is 435. The zero-order valence-electron chi connectivity index (χ0n) is 12.2. The molecule has 3 nitrogen and oxygen atoms in total. The van der Waals surface area contributed by atoms with Crippen LogP contribution in [-0.2, 0) is 0 Å². The predicted octanol–water partition coefficient (Wildman–Crippen LogP) is 2.37. The van der Waals surface area contributed by atoms with Crippen LogP contribution in [0.1, 0.15) is 32.4 Å². The van der Waals surface area contributed by atoms with E-state index in [-0.39, 0.29) is 11.9 Å². The normalized spacial score (nSPS) is 26.5. The van der Waals surface area contributed by atoms with Crippen molar-refractivity contribution in [2.45, 2.75) is 38.9 Å². The maximum absolute atomic E-state index is 13.4. The van der Waals surface area contributed by atoms with Crippen molar-refractivity contribution in [3.05, 3.63) is 29.6 Å². The first-order valence-corrected chi connectivity index (χ1v) is 6.92. The smallest absolute Gasteiger partial charge is 0.123 e. The average molecular weight is 265 g/mol. The summed E-state index contributed by atoms with van der Waals surface area (Å²) in [6.45, 7) is 8.25. The Morgan fingerprint density at radius 3 is 2.37 bits per heavy atom. The molecule has 0 amide bonds. The van der Waals surface area contributed by atoms with Gasteiger partial charge in [-0.3, -0.25) is 4.90 Å². The third-order valence-corrected chi connectivity index (χ3v) is 4.18. The lowest BCUT2D eigenvalue weighted by molar-refractivity contribution is 0.170. The van der Waals surface area contributed by atoms with E-state index >= 15 is 0 Å². The van der Waals surface area contributed by atoms with Gasteiger partial charge < -0.3 is 10.6 Å². The van der Waals surface area contributed by atoms with E-state index in [1.807, 2.05) is 13.0 Å². The monoisotopic (exact) mass is 265 g/mol. The van der Waals surface area contributed by atoms with Crippen LogP contribution in [0.2, 0.25) is 0 Å². The summed E-state index contributed by atoms with van der Waals surface area (Å²) >= 11 is 0. The molecule has 2 unspecified atom stereocenters. The van der Waals surface area contributed by atoms with Gasteiger partial charge in [-0.15, -0.1) is 0 Å². The Balaban J connectivity index is 2.31. The molecule has 1 fully saturated rings. The number of likely N-dealkylation sites (N-methyl/N-ethyl adjacent to an activating group) is 1. The van der Waals surface area contributed by atoms with Crippen LogP contribution in [0.25, 0.3) is 0 Å². The number of halogens is 1. The van der Waals surface area contributed by atoms with Crippen molar-refractivity contribution in [1.29, 1.82) is 0 Å². The summed E-state index contributed by atoms with van der Waals surface area (Å²) in [4.78, 5) is 4.71. The van der Waals surface area contributed by atoms with Crippen molar-refractivity contribution < 1.29 is 4.39 Å². The molecular formula is C15H24FN3.